The van der Waals surface area contributed by atoms with E-state index >= 15 is 0 Å². The number of aromatic amines is 2. The largest absolute Gasteiger partial charge is 0.370 e. The van der Waals surface area contributed by atoms with Gasteiger partial charge in [0.1, 0.15) is 0 Å². The van der Waals surface area contributed by atoms with Crippen LogP contribution in [0.5, 0.6) is 0 Å². The standard InChI is InChI=1S/C17H19N5O2/c1-22-10-12(9-19-22)13(8-15(18)23)16-14(20-21-17(16)24)7-11-5-3-2-4-6-11/h2-6,9-10,13H,7-8H2,1H3,(H2,18,23)(H2,20,21,24)/t13-/m1/s1. The van der Waals surface area contributed by atoms with Gasteiger partial charge < -0.3 is 10.8 Å². The van der Waals surface area contributed by atoms with Crippen molar-refractivity contribution in [2.24, 2.45) is 12.8 Å². The minimum Gasteiger partial charge on any atom is -0.370 e. The molecule has 1 atom stereocenters. The van der Waals surface area contributed by atoms with Crippen LogP contribution in [0.25, 0.3) is 0 Å². The predicted molar refractivity (Wildman–Crippen MR) is 89.5 cm³/mol. The van der Waals surface area contributed by atoms with Gasteiger partial charge in [-0.05, 0) is 11.1 Å². The predicted octanol–water partition coefficient (Wildman–Crippen LogP) is 1.03. The first-order chi connectivity index (χ1) is 11.5. The molecule has 0 bridgehead atoms. The monoisotopic (exact) mass is 325 g/mol. The molecule has 0 radical (unpaired) electrons. The molecule has 7 heteroatoms. The summed E-state index contributed by atoms with van der Waals surface area (Å²) in [6.45, 7) is 0. The van der Waals surface area contributed by atoms with Crippen molar-refractivity contribution in [1.29, 1.82) is 0 Å². The van der Waals surface area contributed by atoms with Crippen LogP contribution in [0.2, 0.25) is 0 Å². The number of benzene rings is 1. The van der Waals surface area contributed by atoms with Crippen LogP contribution >= 0.6 is 0 Å². The molecule has 2 heterocycles. The van der Waals surface area contributed by atoms with E-state index in [4.69, 9.17) is 5.73 Å². The van der Waals surface area contributed by atoms with Gasteiger partial charge >= 0.3 is 0 Å². The molecule has 124 valence electrons. The molecule has 2 aromatic heterocycles. The zero-order valence-electron chi connectivity index (χ0n) is 13.3. The number of nitrogens with two attached hydrogens (primary N) is 1. The SMILES string of the molecule is Cn1cc([C@@H](CC(N)=O)c2c(Cc3ccccc3)[nH][nH]c2=O)cn1. The van der Waals surface area contributed by atoms with Crippen molar-refractivity contribution < 1.29 is 4.79 Å². The topological polar surface area (TPSA) is 110 Å². The number of primary amides is 1. The van der Waals surface area contributed by atoms with Crippen LogP contribution in [-0.2, 0) is 18.3 Å². The average molecular weight is 325 g/mol. The Kier molecular flexibility index (Phi) is 4.33. The van der Waals surface area contributed by atoms with Gasteiger partial charge in [-0.25, -0.2) is 0 Å². The second-order valence-electron chi connectivity index (χ2n) is 5.80. The van der Waals surface area contributed by atoms with E-state index in [1.165, 1.54) is 0 Å². The maximum absolute atomic E-state index is 12.4. The lowest BCUT2D eigenvalue weighted by molar-refractivity contribution is -0.118. The van der Waals surface area contributed by atoms with Crippen molar-refractivity contribution in [2.75, 3.05) is 0 Å². The highest BCUT2D eigenvalue weighted by Gasteiger charge is 2.25. The molecule has 24 heavy (non-hydrogen) atoms. The number of hydrogen-bond donors (Lipinski definition) is 3. The number of rotatable bonds is 6. The summed E-state index contributed by atoms with van der Waals surface area (Å²) in [6.07, 6.45) is 4.07. The number of aryl methyl sites for hydroxylation is 1. The maximum Gasteiger partial charge on any atom is 0.267 e. The van der Waals surface area contributed by atoms with Crippen molar-refractivity contribution in [3.8, 4) is 0 Å². The molecule has 3 rings (SSSR count). The molecular formula is C17H19N5O2. The summed E-state index contributed by atoms with van der Waals surface area (Å²) in [5.41, 5.74) is 8.31. The molecule has 1 amide bonds. The summed E-state index contributed by atoms with van der Waals surface area (Å²) in [4.78, 5) is 23.9. The third-order valence-corrected chi connectivity index (χ3v) is 4.00. The number of H-pyrrole nitrogens is 2. The van der Waals surface area contributed by atoms with Gasteiger partial charge in [0.25, 0.3) is 5.56 Å². The molecule has 0 aliphatic carbocycles. The zero-order valence-corrected chi connectivity index (χ0v) is 13.3. The number of amides is 1. The Labute approximate surface area is 138 Å². The lowest BCUT2D eigenvalue weighted by Gasteiger charge is -2.13. The second-order valence-corrected chi connectivity index (χ2v) is 5.80. The van der Waals surface area contributed by atoms with Crippen LogP contribution in [-0.4, -0.2) is 25.9 Å². The van der Waals surface area contributed by atoms with Gasteiger partial charge in [0.15, 0.2) is 0 Å². The lowest BCUT2D eigenvalue weighted by Crippen LogP contribution is -2.20. The summed E-state index contributed by atoms with van der Waals surface area (Å²) in [5.74, 6) is -0.889. The van der Waals surface area contributed by atoms with E-state index in [0.717, 1.165) is 16.8 Å². The molecule has 0 spiro atoms. The summed E-state index contributed by atoms with van der Waals surface area (Å²) in [7, 11) is 1.79. The van der Waals surface area contributed by atoms with E-state index in [-0.39, 0.29) is 12.0 Å². The molecule has 1 aromatic carbocycles. The van der Waals surface area contributed by atoms with E-state index in [9.17, 15) is 9.59 Å². The molecule has 0 saturated heterocycles. The van der Waals surface area contributed by atoms with Gasteiger partial charge in [-0.1, -0.05) is 30.3 Å². The fourth-order valence-corrected chi connectivity index (χ4v) is 2.92. The van der Waals surface area contributed by atoms with Crippen molar-refractivity contribution >= 4 is 5.91 Å². The van der Waals surface area contributed by atoms with Crippen LogP contribution in [0.1, 0.15) is 34.7 Å². The number of aromatic nitrogens is 4. The summed E-state index contributed by atoms with van der Waals surface area (Å²) in [5, 5.41) is 9.70. The van der Waals surface area contributed by atoms with Crippen molar-refractivity contribution in [1.82, 2.24) is 20.0 Å². The average Bonchev–Trinajstić information content (AvgIpc) is 3.13. The van der Waals surface area contributed by atoms with Gasteiger partial charge in [0, 0.05) is 43.3 Å². The van der Waals surface area contributed by atoms with E-state index in [1.54, 1.807) is 24.1 Å². The number of carbonyl (C=O) groups is 1. The first kappa shape index (κ1) is 15.8. The Morgan fingerprint density at radius 2 is 2.04 bits per heavy atom. The highest BCUT2D eigenvalue weighted by molar-refractivity contribution is 5.75. The molecule has 0 unspecified atom stereocenters. The molecule has 0 aliphatic rings. The first-order valence-corrected chi connectivity index (χ1v) is 7.64. The third-order valence-electron chi connectivity index (χ3n) is 4.00. The zero-order chi connectivity index (χ0) is 17.1. The van der Waals surface area contributed by atoms with Gasteiger partial charge in [-0.2, -0.15) is 5.10 Å². The van der Waals surface area contributed by atoms with E-state index < -0.39 is 11.8 Å². The Bertz CT molecular complexity index is 891. The van der Waals surface area contributed by atoms with Crippen LogP contribution < -0.4 is 11.3 Å². The maximum atomic E-state index is 12.4. The number of nitrogens with zero attached hydrogens (tertiary/aromatic N) is 2. The summed E-state index contributed by atoms with van der Waals surface area (Å²) < 4.78 is 1.64. The molecule has 0 fully saturated rings. The fourth-order valence-electron chi connectivity index (χ4n) is 2.92. The Balaban J connectivity index is 2.03. The van der Waals surface area contributed by atoms with Crippen molar-refractivity contribution in [3.63, 3.8) is 0 Å². The molecule has 0 aliphatic heterocycles. The number of nitrogens with one attached hydrogen (secondary N) is 2. The minimum atomic E-state index is -0.463. The van der Waals surface area contributed by atoms with Gasteiger partial charge in [-0.3, -0.25) is 19.4 Å². The summed E-state index contributed by atoms with van der Waals surface area (Å²) >= 11 is 0. The van der Waals surface area contributed by atoms with Gasteiger partial charge in [0.05, 0.1) is 6.20 Å². The van der Waals surface area contributed by atoms with Crippen molar-refractivity contribution in [2.45, 2.75) is 18.8 Å². The number of carbonyl (C=O) groups excluding carboxylic acids is 1. The van der Waals surface area contributed by atoms with Gasteiger partial charge in [-0.15, -0.1) is 0 Å². The Morgan fingerprint density at radius 1 is 1.29 bits per heavy atom. The normalized spacial score (nSPS) is 12.2. The van der Waals surface area contributed by atoms with E-state index in [0.29, 0.717) is 12.0 Å². The number of hydrogen-bond acceptors (Lipinski definition) is 3. The molecule has 7 nitrogen and oxygen atoms in total. The highest BCUT2D eigenvalue weighted by atomic mass is 16.1. The molecule has 0 saturated carbocycles. The lowest BCUT2D eigenvalue weighted by atomic mass is 9.89. The highest BCUT2D eigenvalue weighted by Crippen LogP contribution is 2.28. The molecule has 3 aromatic rings. The van der Waals surface area contributed by atoms with Crippen LogP contribution in [0.3, 0.4) is 0 Å². The second kappa shape index (κ2) is 6.57. The fraction of sp³-hybridized carbons (Fsp3) is 0.235. The summed E-state index contributed by atoms with van der Waals surface area (Å²) in [6, 6.07) is 9.81. The van der Waals surface area contributed by atoms with Crippen LogP contribution in [0.4, 0.5) is 0 Å². The third kappa shape index (κ3) is 3.29. The van der Waals surface area contributed by atoms with Crippen LogP contribution in [0, 0.1) is 0 Å². The Hall–Kier alpha value is -3.09. The van der Waals surface area contributed by atoms with E-state index in [2.05, 4.69) is 15.3 Å². The van der Waals surface area contributed by atoms with Crippen molar-refractivity contribution in [3.05, 3.63) is 75.5 Å². The first-order valence-electron chi connectivity index (χ1n) is 7.64. The molecular weight excluding hydrogens is 306 g/mol. The molecule has 4 N–H and O–H groups in total. The Morgan fingerprint density at radius 3 is 2.67 bits per heavy atom. The van der Waals surface area contributed by atoms with Crippen LogP contribution in [0.15, 0.2) is 47.5 Å². The van der Waals surface area contributed by atoms with E-state index in [1.807, 2.05) is 30.3 Å². The smallest absolute Gasteiger partial charge is 0.267 e. The minimum absolute atomic E-state index is 0.0500. The quantitative estimate of drug-likeness (QED) is 0.629. The van der Waals surface area contributed by atoms with Gasteiger partial charge in [0.2, 0.25) is 5.91 Å².